The van der Waals surface area contributed by atoms with Gasteiger partial charge in [0, 0.05) is 6.54 Å². The molecule has 1 fully saturated rings. The lowest BCUT2D eigenvalue weighted by Gasteiger charge is -2.38. The van der Waals surface area contributed by atoms with Crippen LogP contribution in [0.1, 0.15) is 0 Å². The molecule has 5 atom stereocenters. The molecule has 1 saturated heterocycles. The summed E-state index contributed by atoms with van der Waals surface area (Å²) < 4.78 is 4.82. The van der Waals surface area contributed by atoms with Gasteiger partial charge in [-0.2, -0.15) is 0 Å². The van der Waals surface area contributed by atoms with E-state index in [4.69, 9.17) is 9.84 Å². The van der Waals surface area contributed by atoms with E-state index in [1.54, 1.807) is 0 Å². The third-order valence-electron chi connectivity index (χ3n) is 2.35. The van der Waals surface area contributed by atoms with Crippen LogP contribution in [-0.4, -0.2) is 63.6 Å². The molecule has 0 aromatic carbocycles. The fourth-order valence-electron chi connectivity index (χ4n) is 1.37. The zero-order valence-electron chi connectivity index (χ0n) is 8.48. The van der Waals surface area contributed by atoms with Gasteiger partial charge >= 0.3 is 0 Å². The van der Waals surface area contributed by atoms with Crippen LogP contribution in [-0.2, 0) is 9.53 Å². The van der Waals surface area contributed by atoms with Crippen LogP contribution in [0.25, 0.3) is 0 Å². The molecule has 1 amide bonds. The zero-order valence-corrected chi connectivity index (χ0v) is 8.48. The highest BCUT2D eigenvalue weighted by molar-refractivity contribution is 5.86. The van der Waals surface area contributed by atoms with Crippen molar-refractivity contribution in [1.82, 2.24) is 5.32 Å². The van der Waals surface area contributed by atoms with E-state index >= 15 is 0 Å². The molecule has 16 heavy (non-hydrogen) atoms. The number of amides is 1. The summed E-state index contributed by atoms with van der Waals surface area (Å²) in [5, 5.41) is 39.5. The summed E-state index contributed by atoms with van der Waals surface area (Å²) in [6.07, 6.45) is -6.02. The van der Waals surface area contributed by atoms with Crippen LogP contribution in [0.5, 0.6) is 0 Å². The van der Waals surface area contributed by atoms with Crippen LogP contribution in [0.2, 0.25) is 0 Å². The summed E-state index contributed by atoms with van der Waals surface area (Å²) >= 11 is 0. The Kier molecular flexibility index (Phi) is 4.39. The average Bonchev–Trinajstić information content (AvgIpc) is 2.28. The number of carbonyl (C=O) groups is 1. The van der Waals surface area contributed by atoms with Crippen molar-refractivity contribution in [3.05, 3.63) is 12.7 Å². The molecule has 1 heterocycles. The molecule has 7 nitrogen and oxygen atoms in total. The highest BCUT2D eigenvalue weighted by atomic mass is 16.6. The summed E-state index contributed by atoms with van der Waals surface area (Å²) in [6.45, 7) is 3.13. The monoisotopic (exact) mass is 233 g/mol. The van der Waals surface area contributed by atoms with E-state index < -0.39 is 36.6 Å². The quantitative estimate of drug-likeness (QED) is 0.333. The van der Waals surface area contributed by atoms with Crippen molar-refractivity contribution in [2.75, 3.05) is 6.54 Å². The Hall–Kier alpha value is -0.990. The second-order valence-corrected chi connectivity index (χ2v) is 3.49. The molecule has 7 heteroatoms. The molecule has 0 unspecified atom stereocenters. The maximum Gasteiger partial charge on any atom is 0.243 e. The van der Waals surface area contributed by atoms with E-state index in [1.165, 1.54) is 0 Å². The summed E-state index contributed by atoms with van der Waals surface area (Å²) in [7, 11) is 0. The van der Waals surface area contributed by atoms with Crippen LogP contribution >= 0.6 is 0 Å². The molecule has 0 aromatic rings. The molecule has 0 saturated carbocycles. The number of carbonyl (C=O) groups excluding carboxylic acids is 1. The Morgan fingerprint density at radius 1 is 1.25 bits per heavy atom. The summed E-state index contributed by atoms with van der Waals surface area (Å²) in [4.78, 5) is 10.8. The first-order chi connectivity index (χ1) is 7.47. The van der Waals surface area contributed by atoms with E-state index in [0.717, 1.165) is 6.08 Å². The van der Waals surface area contributed by atoms with Crippen LogP contribution < -0.4 is 5.32 Å². The molecular weight excluding hydrogens is 218 g/mol. The summed E-state index contributed by atoms with van der Waals surface area (Å²) in [5.41, 5.74) is 0. The second-order valence-electron chi connectivity index (χ2n) is 3.49. The fraction of sp³-hybridized carbons (Fsp3) is 0.667. The summed E-state index contributed by atoms with van der Waals surface area (Å²) in [5.74, 6) is -0.467. The van der Waals surface area contributed by atoms with Gasteiger partial charge in [0.05, 0.1) is 0 Å². The van der Waals surface area contributed by atoms with Crippen LogP contribution in [0, 0.1) is 0 Å². The Balaban J connectivity index is 2.53. The maximum absolute atomic E-state index is 10.8. The van der Waals surface area contributed by atoms with E-state index in [9.17, 15) is 20.1 Å². The van der Waals surface area contributed by atoms with Gasteiger partial charge in [0.15, 0.2) is 6.29 Å². The van der Waals surface area contributed by atoms with Gasteiger partial charge in [0.1, 0.15) is 24.4 Å². The Labute approximate surface area is 92.0 Å². The van der Waals surface area contributed by atoms with E-state index in [1.807, 2.05) is 0 Å². The normalized spacial score (nSPS) is 39.1. The van der Waals surface area contributed by atoms with Crippen LogP contribution in [0.15, 0.2) is 12.7 Å². The van der Waals surface area contributed by atoms with Gasteiger partial charge in [-0.25, -0.2) is 0 Å². The van der Waals surface area contributed by atoms with E-state index in [2.05, 4.69) is 11.9 Å². The van der Waals surface area contributed by atoms with Crippen molar-refractivity contribution in [2.45, 2.75) is 30.7 Å². The first-order valence-corrected chi connectivity index (χ1v) is 4.75. The topological polar surface area (TPSA) is 119 Å². The molecule has 0 aromatic heterocycles. The van der Waals surface area contributed by atoms with Crippen molar-refractivity contribution in [2.24, 2.45) is 0 Å². The fourth-order valence-corrected chi connectivity index (χ4v) is 1.37. The van der Waals surface area contributed by atoms with Crippen LogP contribution in [0.3, 0.4) is 0 Å². The van der Waals surface area contributed by atoms with Gasteiger partial charge < -0.3 is 30.5 Å². The molecule has 1 aliphatic rings. The standard InChI is InChI=1S/C9H15NO6/c1-2-5(11)10-3-4-6(12)7(13)8(14)9(15)16-4/h2,4,6-9,12-15H,1,3H2,(H,10,11)/t4-,6+,7+,8-,9+/m1/s1. The maximum atomic E-state index is 10.8. The SMILES string of the molecule is C=CC(=O)NC[C@H]1O[C@H](O)[C@H](O)[C@@H](O)[C@H]1O. The third kappa shape index (κ3) is 2.77. The summed E-state index contributed by atoms with van der Waals surface area (Å²) in [6, 6.07) is 0. The lowest BCUT2D eigenvalue weighted by atomic mass is 9.99. The van der Waals surface area contributed by atoms with Gasteiger partial charge in [-0.1, -0.05) is 6.58 Å². The Morgan fingerprint density at radius 2 is 1.88 bits per heavy atom. The minimum absolute atomic E-state index is 0.104. The number of aliphatic hydroxyl groups excluding tert-OH is 4. The van der Waals surface area contributed by atoms with Gasteiger partial charge in [0.25, 0.3) is 0 Å². The molecule has 5 N–H and O–H groups in total. The zero-order chi connectivity index (χ0) is 12.3. The largest absolute Gasteiger partial charge is 0.388 e. The third-order valence-corrected chi connectivity index (χ3v) is 2.35. The smallest absolute Gasteiger partial charge is 0.243 e. The van der Waals surface area contributed by atoms with Crippen molar-refractivity contribution in [1.29, 1.82) is 0 Å². The van der Waals surface area contributed by atoms with Crippen molar-refractivity contribution >= 4 is 5.91 Å². The molecule has 0 aliphatic carbocycles. The number of hydrogen-bond acceptors (Lipinski definition) is 6. The second kappa shape index (κ2) is 5.37. The first-order valence-electron chi connectivity index (χ1n) is 4.75. The van der Waals surface area contributed by atoms with E-state index in [0.29, 0.717) is 0 Å². The van der Waals surface area contributed by atoms with Gasteiger partial charge in [0.2, 0.25) is 5.91 Å². The lowest BCUT2D eigenvalue weighted by Crippen LogP contribution is -2.59. The molecule has 1 rings (SSSR count). The minimum Gasteiger partial charge on any atom is -0.388 e. The number of nitrogens with one attached hydrogen (secondary N) is 1. The van der Waals surface area contributed by atoms with Crippen LogP contribution in [0.4, 0.5) is 0 Å². The van der Waals surface area contributed by atoms with Gasteiger partial charge in [-0.3, -0.25) is 4.79 Å². The number of aliphatic hydroxyl groups is 4. The van der Waals surface area contributed by atoms with Gasteiger partial charge in [-0.05, 0) is 6.08 Å². The van der Waals surface area contributed by atoms with E-state index in [-0.39, 0.29) is 6.54 Å². The molecular formula is C9H15NO6. The first kappa shape index (κ1) is 13.1. The predicted molar refractivity (Wildman–Crippen MR) is 52.1 cm³/mol. The average molecular weight is 233 g/mol. The highest BCUT2D eigenvalue weighted by Crippen LogP contribution is 2.19. The number of rotatable bonds is 3. The minimum atomic E-state index is -1.59. The Morgan fingerprint density at radius 3 is 2.44 bits per heavy atom. The van der Waals surface area contributed by atoms with Crippen molar-refractivity contribution in [3.63, 3.8) is 0 Å². The molecule has 0 spiro atoms. The lowest BCUT2D eigenvalue weighted by molar-refractivity contribution is -0.280. The highest BCUT2D eigenvalue weighted by Gasteiger charge is 2.42. The molecule has 92 valence electrons. The predicted octanol–water partition coefficient (Wildman–Crippen LogP) is -2.91. The van der Waals surface area contributed by atoms with Crippen molar-refractivity contribution < 1.29 is 30.0 Å². The molecule has 1 aliphatic heterocycles. The number of ether oxygens (including phenoxy) is 1. The van der Waals surface area contributed by atoms with Crippen molar-refractivity contribution in [3.8, 4) is 0 Å². The number of hydrogen-bond donors (Lipinski definition) is 5. The van der Waals surface area contributed by atoms with Gasteiger partial charge in [-0.15, -0.1) is 0 Å². The Bertz CT molecular complexity index is 271. The molecule has 0 radical (unpaired) electrons. The molecule has 0 bridgehead atoms.